The number of methoxy groups -OCH3 is 1. The standard InChI is InChI=1S/C30H31NO3.C26H29NO2.CH4O3S/c1-33-25-13-8-23(9-14-25)28-17-12-22-6-2-3-7-27(22)29(28)30(32)24-10-15-26(16-11-24)34-21-20-31-18-4-5-19-31;1-4-25(20-8-6-5-7-9-20)26(21-10-14-23(28)15-11-21)22-12-16-24(17-13-22)29-19-18-27(2)3;1-5(2,3)4/h2-3,6-11,13-16H,4-5,12,17-21H2,1H3;5-17,28H,4,18-19H2,1-3H3;1H3,(H,2,3,4)/b;26-25-;. The molecule has 1 aliphatic carbocycles. The average Bonchev–Trinajstić information content (AvgIpc) is 3.87. The zero-order valence-electron chi connectivity index (χ0n) is 39.9. The van der Waals surface area contributed by atoms with E-state index in [-0.39, 0.29) is 11.5 Å². The molecule has 10 nitrogen and oxygen atoms in total. The monoisotopic (exact) mass is 936 g/mol. The quantitative estimate of drug-likeness (QED) is 0.0550. The first-order chi connectivity index (χ1) is 32.8. The van der Waals surface area contributed by atoms with Crippen molar-refractivity contribution in [1.82, 2.24) is 9.80 Å². The highest BCUT2D eigenvalue weighted by molar-refractivity contribution is 7.85. The van der Waals surface area contributed by atoms with Gasteiger partial charge in [-0.15, -0.1) is 0 Å². The number of nitrogens with zero attached hydrogens (tertiary/aromatic N) is 2. The van der Waals surface area contributed by atoms with Gasteiger partial charge in [-0.25, -0.2) is 0 Å². The van der Waals surface area contributed by atoms with Gasteiger partial charge in [-0.05, 0) is 170 Å². The predicted octanol–water partition coefficient (Wildman–Crippen LogP) is 11.1. The summed E-state index contributed by atoms with van der Waals surface area (Å²) in [4.78, 5) is 18.4. The number of hydrogen-bond acceptors (Lipinski definition) is 9. The number of hydrogen-bond donors (Lipinski definition) is 2. The molecule has 1 saturated heterocycles. The maximum atomic E-state index is 13.8. The third-order valence-corrected chi connectivity index (χ3v) is 11.8. The molecule has 2 aliphatic rings. The minimum atomic E-state index is -3.67. The van der Waals surface area contributed by atoms with E-state index in [2.05, 4.69) is 65.3 Å². The van der Waals surface area contributed by atoms with Crippen LogP contribution in [0.4, 0.5) is 0 Å². The Morgan fingerprint density at radius 1 is 0.662 bits per heavy atom. The van der Waals surface area contributed by atoms with Gasteiger partial charge in [0.05, 0.1) is 13.4 Å². The van der Waals surface area contributed by atoms with Crippen molar-refractivity contribution in [1.29, 1.82) is 0 Å². The van der Waals surface area contributed by atoms with Crippen LogP contribution in [0.2, 0.25) is 0 Å². The molecule has 0 amide bonds. The van der Waals surface area contributed by atoms with Crippen molar-refractivity contribution in [2.45, 2.75) is 39.0 Å². The van der Waals surface area contributed by atoms with Crippen LogP contribution in [-0.4, -0.2) is 101 Å². The molecule has 0 aromatic heterocycles. The summed E-state index contributed by atoms with van der Waals surface area (Å²) >= 11 is 0. The Morgan fingerprint density at radius 3 is 1.76 bits per heavy atom. The Kier molecular flexibility index (Phi) is 18.7. The second-order valence-corrected chi connectivity index (χ2v) is 18.5. The van der Waals surface area contributed by atoms with Gasteiger partial charge in [0.15, 0.2) is 5.78 Å². The number of allylic oxidation sites excluding steroid dienone is 3. The second-order valence-electron chi connectivity index (χ2n) is 17.0. The van der Waals surface area contributed by atoms with E-state index in [4.69, 9.17) is 18.8 Å². The zero-order valence-corrected chi connectivity index (χ0v) is 40.7. The number of phenols is 1. The van der Waals surface area contributed by atoms with Gasteiger partial charge in [-0.3, -0.25) is 14.2 Å². The SMILES string of the molecule is CC/C(=C(\c1ccc(O)cc1)c1ccc(OCCN(C)C)cc1)c1ccccc1.COc1ccc(C2=C(C(=O)c3ccc(OCCN4CCCC4)cc3)c3ccccc3CC2)cc1.CS(=O)(=O)O. The average molecular weight is 937 g/mol. The predicted molar refractivity (Wildman–Crippen MR) is 275 cm³/mol. The fourth-order valence-electron chi connectivity index (χ4n) is 8.39. The maximum Gasteiger partial charge on any atom is 0.261 e. The van der Waals surface area contributed by atoms with Gasteiger partial charge in [0.25, 0.3) is 10.1 Å². The number of likely N-dealkylation sites (N-methyl/N-ethyl adjacent to an activating group) is 1. The number of phenolic OH excluding ortho intramolecular Hbond substituents is 1. The Balaban J connectivity index is 0.000000206. The molecule has 6 aromatic carbocycles. The van der Waals surface area contributed by atoms with Crippen molar-refractivity contribution >= 4 is 38.2 Å². The van der Waals surface area contributed by atoms with Gasteiger partial charge in [0.2, 0.25) is 0 Å². The van der Waals surface area contributed by atoms with E-state index in [1.54, 1.807) is 19.2 Å². The van der Waals surface area contributed by atoms with Gasteiger partial charge in [-0.2, -0.15) is 8.42 Å². The largest absolute Gasteiger partial charge is 0.508 e. The number of benzene rings is 6. The van der Waals surface area contributed by atoms with Crippen LogP contribution in [0.1, 0.15) is 76.3 Å². The number of aromatic hydroxyl groups is 1. The molecular weight excluding hydrogens is 873 g/mol. The number of ether oxygens (including phenoxy) is 3. The molecule has 1 aliphatic heterocycles. The number of rotatable bonds is 16. The smallest absolute Gasteiger partial charge is 0.261 e. The fraction of sp³-hybridized carbons (Fsp3) is 0.281. The number of fused-ring (bicyclic) bond motifs is 1. The lowest BCUT2D eigenvalue weighted by Crippen LogP contribution is -2.25. The minimum absolute atomic E-state index is 0.0570. The maximum absolute atomic E-state index is 13.8. The van der Waals surface area contributed by atoms with Crippen molar-refractivity contribution in [2.24, 2.45) is 0 Å². The molecule has 11 heteroatoms. The molecule has 0 bridgehead atoms. The van der Waals surface area contributed by atoms with Crippen molar-refractivity contribution in [3.05, 3.63) is 191 Å². The molecule has 0 radical (unpaired) electrons. The third-order valence-electron chi connectivity index (χ3n) is 11.8. The number of carbonyl (C=O) groups excluding carboxylic acids is 1. The first kappa shape index (κ1) is 50.9. The fourth-order valence-corrected chi connectivity index (χ4v) is 8.39. The van der Waals surface area contributed by atoms with Gasteiger partial charge in [0.1, 0.15) is 36.2 Å². The van der Waals surface area contributed by atoms with Crippen LogP contribution in [0, 0.1) is 0 Å². The molecule has 8 rings (SSSR count). The summed E-state index contributed by atoms with van der Waals surface area (Å²) in [6.07, 6.45) is 5.96. The molecule has 0 unspecified atom stereocenters. The summed E-state index contributed by atoms with van der Waals surface area (Å²) in [5.41, 5.74) is 11.8. The number of ketones is 1. The topological polar surface area (TPSA) is 126 Å². The first-order valence-corrected chi connectivity index (χ1v) is 25.0. The van der Waals surface area contributed by atoms with Crippen LogP contribution in [0.5, 0.6) is 23.0 Å². The zero-order chi connectivity index (χ0) is 48.5. The summed E-state index contributed by atoms with van der Waals surface area (Å²) < 4.78 is 43.0. The molecule has 356 valence electrons. The lowest BCUT2D eigenvalue weighted by atomic mass is 9.79. The van der Waals surface area contributed by atoms with Gasteiger partial charge < -0.3 is 24.2 Å². The molecule has 68 heavy (non-hydrogen) atoms. The molecule has 1 fully saturated rings. The summed E-state index contributed by atoms with van der Waals surface area (Å²) in [5.74, 6) is 2.83. The molecular formula is C57H64N2O8S. The Labute approximate surface area is 402 Å². The lowest BCUT2D eigenvalue weighted by Gasteiger charge is -2.23. The molecule has 0 atom stereocenters. The van der Waals surface area contributed by atoms with Crippen molar-refractivity contribution in [2.75, 3.05) is 66.9 Å². The highest BCUT2D eigenvalue weighted by atomic mass is 32.2. The van der Waals surface area contributed by atoms with Crippen LogP contribution < -0.4 is 14.2 Å². The van der Waals surface area contributed by atoms with Crippen LogP contribution in [-0.2, 0) is 16.5 Å². The molecule has 6 aromatic rings. The number of aryl methyl sites for hydroxylation is 1. The summed E-state index contributed by atoms with van der Waals surface area (Å²) in [6.45, 7) is 7.70. The van der Waals surface area contributed by atoms with Crippen molar-refractivity contribution in [3.8, 4) is 23.0 Å². The summed E-state index contributed by atoms with van der Waals surface area (Å²) in [5, 5.41) is 9.74. The van der Waals surface area contributed by atoms with E-state index >= 15 is 0 Å². The van der Waals surface area contributed by atoms with Crippen LogP contribution in [0.3, 0.4) is 0 Å². The van der Waals surface area contributed by atoms with Gasteiger partial charge >= 0.3 is 0 Å². The third kappa shape index (κ3) is 15.0. The normalized spacial score (nSPS) is 13.9. The lowest BCUT2D eigenvalue weighted by molar-refractivity contribution is 0.105. The van der Waals surface area contributed by atoms with Gasteiger partial charge in [-0.1, -0.05) is 97.9 Å². The Morgan fingerprint density at radius 2 is 1.19 bits per heavy atom. The van der Waals surface area contributed by atoms with Crippen molar-refractivity contribution < 1.29 is 37.1 Å². The van der Waals surface area contributed by atoms with E-state index in [0.717, 1.165) is 83.0 Å². The van der Waals surface area contributed by atoms with E-state index in [1.807, 2.05) is 105 Å². The number of Topliss-reactive ketones (excluding diaryl/α,β-unsaturated/α-hetero) is 1. The molecule has 2 N–H and O–H groups in total. The highest BCUT2D eigenvalue weighted by Crippen LogP contribution is 2.40. The molecule has 0 spiro atoms. The Bertz CT molecular complexity index is 2700. The number of carbonyl (C=O) groups is 1. The van der Waals surface area contributed by atoms with E-state index in [0.29, 0.717) is 25.0 Å². The first-order valence-electron chi connectivity index (χ1n) is 23.2. The summed E-state index contributed by atoms with van der Waals surface area (Å²) in [7, 11) is 2.08. The highest BCUT2D eigenvalue weighted by Gasteiger charge is 2.26. The molecule has 0 saturated carbocycles. The van der Waals surface area contributed by atoms with Crippen molar-refractivity contribution in [3.63, 3.8) is 0 Å². The van der Waals surface area contributed by atoms with Crippen LogP contribution >= 0.6 is 0 Å². The summed E-state index contributed by atoms with van der Waals surface area (Å²) in [6, 6.07) is 50.1. The van der Waals surface area contributed by atoms with Gasteiger partial charge in [0, 0.05) is 24.2 Å². The Hall–Kier alpha value is -6.50. The van der Waals surface area contributed by atoms with E-state index < -0.39 is 10.1 Å². The number of likely N-dealkylation sites (tertiary alicyclic amines) is 1. The molecule has 1 heterocycles. The van der Waals surface area contributed by atoms with Crippen LogP contribution in [0.15, 0.2) is 152 Å². The second kappa shape index (κ2) is 25.0. The van der Waals surface area contributed by atoms with E-state index in [9.17, 15) is 18.3 Å². The van der Waals surface area contributed by atoms with Crippen LogP contribution in [0.25, 0.3) is 22.3 Å². The van der Waals surface area contributed by atoms with E-state index in [1.165, 1.54) is 48.2 Å². The minimum Gasteiger partial charge on any atom is -0.508 e.